The number of hydrogen-bond acceptors (Lipinski definition) is 6. The zero-order chi connectivity index (χ0) is 19.1. The third kappa shape index (κ3) is 2.73. The van der Waals surface area contributed by atoms with E-state index in [0.717, 1.165) is 25.2 Å². The molecule has 1 N–H and O–H groups in total. The van der Waals surface area contributed by atoms with Crippen molar-refractivity contribution >= 4 is 23.2 Å². The largest absolute Gasteiger partial charge is 0.459 e. The minimum atomic E-state index is -0.298. The number of nitrogens with one attached hydrogen (secondary N) is 1. The van der Waals surface area contributed by atoms with E-state index in [1.54, 1.807) is 12.1 Å². The minimum absolute atomic E-state index is 0.114. The van der Waals surface area contributed by atoms with Gasteiger partial charge in [-0.25, -0.2) is 9.67 Å². The number of likely N-dealkylation sites (tertiary alicyclic amines) is 1. The number of amides is 2. The summed E-state index contributed by atoms with van der Waals surface area (Å²) in [5.74, 6) is 0.863. The van der Waals surface area contributed by atoms with Crippen molar-refractivity contribution in [2.45, 2.75) is 25.4 Å². The molecule has 0 radical (unpaired) electrons. The maximum Gasteiger partial charge on any atom is 0.289 e. The van der Waals surface area contributed by atoms with Gasteiger partial charge in [-0.2, -0.15) is 5.10 Å². The van der Waals surface area contributed by atoms with Gasteiger partial charge in [-0.15, -0.1) is 11.3 Å². The van der Waals surface area contributed by atoms with Gasteiger partial charge in [0.05, 0.1) is 17.2 Å². The minimum Gasteiger partial charge on any atom is -0.459 e. The van der Waals surface area contributed by atoms with Crippen LogP contribution in [0.2, 0.25) is 0 Å². The second kappa shape index (κ2) is 6.59. The highest BCUT2D eigenvalue weighted by Gasteiger charge is 2.51. The quantitative estimate of drug-likeness (QED) is 0.732. The lowest BCUT2D eigenvalue weighted by Gasteiger charge is -2.40. The van der Waals surface area contributed by atoms with Gasteiger partial charge in [0, 0.05) is 25.0 Å². The van der Waals surface area contributed by atoms with Gasteiger partial charge in [-0.3, -0.25) is 9.59 Å². The summed E-state index contributed by atoms with van der Waals surface area (Å²) < 4.78 is 7.13. The molecular weight excluding hydrogens is 378 g/mol. The van der Waals surface area contributed by atoms with E-state index in [2.05, 4.69) is 15.4 Å². The average molecular weight is 397 g/mol. The first kappa shape index (κ1) is 17.2. The van der Waals surface area contributed by atoms with Gasteiger partial charge < -0.3 is 14.6 Å². The predicted molar refractivity (Wildman–Crippen MR) is 101 cm³/mol. The van der Waals surface area contributed by atoms with E-state index in [9.17, 15) is 9.59 Å². The molecule has 0 unspecified atom stereocenters. The van der Waals surface area contributed by atoms with Crippen molar-refractivity contribution in [2.24, 2.45) is 5.41 Å². The number of aromatic nitrogens is 3. The molecule has 8 nitrogen and oxygen atoms in total. The van der Waals surface area contributed by atoms with Crippen LogP contribution in [0.4, 0.5) is 0 Å². The molecule has 2 atom stereocenters. The maximum absolute atomic E-state index is 12.8. The molecule has 0 aromatic carbocycles. The fourth-order valence-electron chi connectivity index (χ4n) is 4.31. The Balaban J connectivity index is 1.44. The number of furan rings is 1. The first-order chi connectivity index (χ1) is 13.7. The Labute approximate surface area is 165 Å². The van der Waals surface area contributed by atoms with Crippen molar-refractivity contribution in [3.8, 4) is 0 Å². The van der Waals surface area contributed by atoms with Crippen molar-refractivity contribution in [1.29, 1.82) is 0 Å². The number of hydrogen-bond donors (Lipinski definition) is 1. The average Bonchev–Trinajstić information content (AvgIpc) is 3.49. The summed E-state index contributed by atoms with van der Waals surface area (Å²) in [4.78, 5) is 32.5. The second-order valence-electron chi connectivity index (χ2n) is 7.29. The van der Waals surface area contributed by atoms with Crippen molar-refractivity contribution in [3.63, 3.8) is 0 Å². The summed E-state index contributed by atoms with van der Waals surface area (Å²) in [5, 5.41) is 9.35. The molecule has 28 heavy (non-hydrogen) atoms. The van der Waals surface area contributed by atoms with Crippen LogP contribution in [0.5, 0.6) is 0 Å². The van der Waals surface area contributed by atoms with Gasteiger partial charge in [0.15, 0.2) is 5.76 Å². The van der Waals surface area contributed by atoms with Gasteiger partial charge >= 0.3 is 0 Å². The van der Waals surface area contributed by atoms with Crippen LogP contribution in [-0.2, 0) is 6.54 Å². The van der Waals surface area contributed by atoms with Crippen LogP contribution in [0.15, 0.2) is 46.7 Å². The topological polar surface area (TPSA) is 93.3 Å². The normalized spacial score (nSPS) is 23.7. The monoisotopic (exact) mass is 397 g/mol. The smallest absolute Gasteiger partial charge is 0.289 e. The molecule has 2 amide bonds. The molecule has 9 heteroatoms. The Hall–Kier alpha value is -2.94. The maximum atomic E-state index is 12.8. The van der Waals surface area contributed by atoms with Crippen LogP contribution in [-0.4, -0.2) is 44.6 Å². The Morgan fingerprint density at radius 3 is 2.93 bits per heavy atom. The van der Waals surface area contributed by atoms with Crippen LogP contribution in [0.3, 0.4) is 0 Å². The number of aryl methyl sites for hydroxylation is 1. The van der Waals surface area contributed by atoms with Crippen molar-refractivity contribution in [3.05, 3.63) is 58.7 Å². The lowest BCUT2D eigenvalue weighted by molar-refractivity contribution is 0.0678. The number of carbonyl (C=O) groups is 2. The van der Waals surface area contributed by atoms with E-state index in [4.69, 9.17) is 4.42 Å². The lowest BCUT2D eigenvalue weighted by atomic mass is 9.74. The van der Waals surface area contributed by atoms with E-state index in [-0.39, 0.29) is 23.3 Å². The summed E-state index contributed by atoms with van der Waals surface area (Å²) in [6.07, 6.45) is 4.65. The van der Waals surface area contributed by atoms with Gasteiger partial charge in [0.25, 0.3) is 11.8 Å². The first-order valence-electron chi connectivity index (χ1n) is 9.21. The highest BCUT2D eigenvalue weighted by Crippen LogP contribution is 2.47. The molecule has 2 aliphatic heterocycles. The Kier molecular flexibility index (Phi) is 4.04. The van der Waals surface area contributed by atoms with Gasteiger partial charge in [-0.1, -0.05) is 6.07 Å². The summed E-state index contributed by atoms with van der Waals surface area (Å²) in [6.45, 7) is 1.90. The van der Waals surface area contributed by atoms with E-state index in [1.807, 2.05) is 27.1 Å². The molecule has 144 valence electrons. The third-order valence-corrected chi connectivity index (χ3v) is 6.63. The standard InChI is InChI=1S/C19H19N5O3S/c25-17(14-4-2-10-28-14)22-15-16-20-12-21-24(16)8-6-19(15)5-7-23(11-19)18(26)13-3-1-9-27-13/h1-4,9-10,12,15H,5-8,11H2,(H,22,25)/t15-,19+/m1/s1. The van der Waals surface area contributed by atoms with Gasteiger partial charge in [-0.05, 0) is 36.4 Å². The zero-order valence-corrected chi connectivity index (χ0v) is 15.9. The summed E-state index contributed by atoms with van der Waals surface area (Å²) in [5.41, 5.74) is -0.266. The molecule has 0 saturated carbocycles. The number of fused-ring (bicyclic) bond motifs is 1. The molecular formula is C19H19N5O3S. The van der Waals surface area contributed by atoms with E-state index >= 15 is 0 Å². The van der Waals surface area contributed by atoms with E-state index < -0.39 is 0 Å². The fourth-order valence-corrected chi connectivity index (χ4v) is 4.94. The molecule has 1 fully saturated rings. The molecule has 5 heterocycles. The molecule has 2 aliphatic rings. The molecule has 5 rings (SSSR count). The van der Waals surface area contributed by atoms with Crippen molar-refractivity contribution in [2.75, 3.05) is 13.1 Å². The number of nitrogens with zero attached hydrogens (tertiary/aromatic N) is 4. The van der Waals surface area contributed by atoms with Crippen LogP contribution in [0.25, 0.3) is 0 Å². The van der Waals surface area contributed by atoms with E-state index in [1.165, 1.54) is 23.9 Å². The molecule has 1 saturated heterocycles. The number of carbonyl (C=O) groups excluding carboxylic acids is 2. The zero-order valence-electron chi connectivity index (χ0n) is 15.1. The van der Waals surface area contributed by atoms with Crippen molar-refractivity contribution in [1.82, 2.24) is 25.0 Å². The highest BCUT2D eigenvalue weighted by molar-refractivity contribution is 7.12. The Bertz CT molecular complexity index is 997. The van der Waals surface area contributed by atoms with Crippen LogP contribution < -0.4 is 5.32 Å². The van der Waals surface area contributed by atoms with Crippen LogP contribution >= 0.6 is 11.3 Å². The number of rotatable bonds is 3. The van der Waals surface area contributed by atoms with Crippen molar-refractivity contribution < 1.29 is 14.0 Å². The van der Waals surface area contributed by atoms with Gasteiger partial charge in [0.2, 0.25) is 0 Å². The molecule has 3 aromatic rings. The SMILES string of the molecule is O=C(N[C@@H]1c2ncnn2CC[C@]12CCN(C(=O)c1ccco1)C2)c1cccs1. The first-order valence-corrected chi connectivity index (χ1v) is 10.1. The second-order valence-corrected chi connectivity index (χ2v) is 8.24. The van der Waals surface area contributed by atoms with Crippen LogP contribution in [0.1, 0.15) is 44.9 Å². The molecule has 0 aliphatic carbocycles. The fraction of sp³-hybridized carbons (Fsp3) is 0.368. The van der Waals surface area contributed by atoms with Crippen LogP contribution in [0, 0.1) is 5.41 Å². The molecule has 0 bridgehead atoms. The summed E-state index contributed by atoms with van der Waals surface area (Å²) >= 11 is 1.41. The third-order valence-electron chi connectivity index (χ3n) is 5.76. The Morgan fingerprint density at radius 1 is 1.25 bits per heavy atom. The van der Waals surface area contributed by atoms with Gasteiger partial charge in [0.1, 0.15) is 12.2 Å². The molecule has 3 aromatic heterocycles. The summed E-state index contributed by atoms with van der Waals surface area (Å²) in [6, 6.07) is 6.76. The molecule has 1 spiro atoms. The van der Waals surface area contributed by atoms with E-state index in [0.29, 0.717) is 23.7 Å². The summed E-state index contributed by atoms with van der Waals surface area (Å²) in [7, 11) is 0. The highest BCUT2D eigenvalue weighted by atomic mass is 32.1. The Morgan fingerprint density at radius 2 is 2.14 bits per heavy atom. The predicted octanol–water partition coefficient (Wildman–Crippen LogP) is 2.34. The number of thiophene rings is 1. The lowest BCUT2D eigenvalue weighted by Crippen LogP contribution is -2.48.